The SMILES string of the molecule is CCc1cc(NC2(C(=O)O)CCCC2)nc(C)n1. The van der Waals surface area contributed by atoms with Crippen molar-refractivity contribution >= 4 is 11.8 Å². The number of hydrogen-bond acceptors (Lipinski definition) is 4. The third kappa shape index (κ3) is 2.44. The lowest BCUT2D eigenvalue weighted by molar-refractivity contribution is -0.142. The van der Waals surface area contributed by atoms with Crippen LogP contribution in [-0.2, 0) is 11.2 Å². The minimum Gasteiger partial charge on any atom is -0.480 e. The highest BCUT2D eigenvalue weighted by atomic mass is 16.4. The average Bonchev–Trinajstić information content (AvgIpc) is 2.78. The smallest absolute Gasteiger partial charge is 0.329 e. The van der Waals surface area contributed by atoms with Crippen LogP contribution in [0.1, 0.15) is 44.1 Å². The number of nitrogens with zero attached hydrogens (tertiary/aromatic N) is 2. The second-order valence-corrected chi connectivity index (χ2v) is 4.86. The standard InChI is InChI=1S/C13H19N3O2/c1-3-10-8-11(15-9(2)14-10)16-13(12(17)18)6-4-5-7-13/h8H,3-7H2,1-2H3,(H,17,18)(H,14,15,16). The second kappa shape index (κ2) is 4.92. The van der Waals surface area contributed by atoms with Crippen molar-refractivity contribution in [1.82, 2.24) is 9.97 Å². The molecule has 5 heteroatoms. The van der Waals surface area contributed by atoms with E-state index in [0.717, 1.165) is 25.0 Å². The molecule has 0 aliphatic heterocycles. The molecule has 0 saturated heterocycles. The van der Waals surface area contributed by atoms with Gasteiger partial charge in [0.25, 0.3) is 0 Å². The highest BCUT2D eigenvalue weighted by Gasteiger charge is 2.41. The number of carboxylic acid groups (broad SMARTS) is 1. The van der Waals surface area contributed by atoms with E-state index in [0.29, 0.717) is 24.5 Å². The molecular weight excluding hydrogens is 230 g/mol. The molecule has 2 rings (SSSR count). The van der Waals surface area contributed by atoms with Gasteiger partial charge in [-0.3, -0.25) is 0 Å². The Morgan fingerprint density at radius 3 is 2.67 bits per heavy atom. The zero-order chi connectivity index (χ0) is 13.2. The summed E-state index contributed by atoms with van der Waals surface area (Å²) >= 11 is 0. The van der Waals surface area contributed by atoms with Crippen molar-refractivity contribution in [2.24, 2.45) is 0 Å². The molecule has 0 amide bonds. The van der Waals surface area contributed by atoms with E-state index in [1.807, 2.05) is 19.9 Å². The van der Waals surface area contributed by atoms with Crippen LogP contribution in [0, 0.1) is 6.92 Å². The van der Waals surface area contributed by atoms with E-state index in [-0.39, 0.29) is 0 Å². The Kier molecular flexibility index (Phi) is 3.50. The molecular formula is C13H19N3O2. The summed E-state index contributed by atoms with van der Waals surface area (Å²) in [6.45, 7) is 3.85. The predicted molar refractivity (Wildman–Crippen MR) is 68.6 cm³/mol. The Hall–Kier alpha value is -1.65. The summed E-state index contributed by atoms with van der Waals surface area (Å²) in [5, 5.41) is 12.5. The molecule has 0 atom stereocenters. The van der Waals surface area contributed by atoms with Crippen molar-refractivity contribution in [1.29, 1.82) is 0 Å². The van der Waals surface area contributed by atoms with Gasteiger partial charge < -0.3 is 10.4 Å². The van der Waals surface area contributed by atoms with E-state index < -0.39 is 11.5 Å². The number of carbonyl (C=O) groups is 1. The third-order valence-corrected chi connectivity index (χ3v) is 3.49. The topological polar surface area (TPSA) is 75.1 Å². The van der Waals surface area contributed by atoms with Crippen LogP contribution in [0.2, 0.25) is 0 Å². The Labute approximate surface area is 107 Å². The Balaban J connectivity index is 2.26. The molecule has 0 aromatic carbocycles. The number of hydrogen-bond donors (Lipinski definition) is 2. The number of aryl methyl sites for hydroxylation is 2. The molecule has 18 heavy (non-hydrogen) atoms. The molecule has 1 saturated carbocycles. The van der Waals surface area contributed by atoms with Crippen LogP contribution in [0.4, 0.5) is 5.82 Å². The van der Waals surface area contributed by atoms with Gasteiger partial charge in [-0.25, -0.2) is 14.8 Å². The maximum Gasteiger partial charge on any atom is 0.329 e. The summed E-state index contributed by atoms with van der Waals surface area (Å²) in [4.78, 5) is 20.0. The molecule has 0 unspecified atom stereocenters. The third-order valence-electron chi connectivity index (χ3n) is 3.49. The quantitative estimate of drug-likeness (QED) is 0.855. The Morgan fingerprint density at radius 1 is 1.44 bits per heavy atom. The van der Waals surface area contributed by atoms with Crippen molar-refractivity contribution in [2.75, 3.05) is 5.32 Å². The first-order valence-electron chi connectivity index (χ1n) is 6.42. The summed E-state index contributed by atoms with van der Waals surface area (Å²) in [5.74, 6) is 0.522. The van der Waals surface area contributed by atoms with Crippen molar-refractivity contribution in [3.63, 3.8) is 0 Å². The largest absolute Gasteiger partial charge is 0.480 e. The lowest BCUT2D eigenvalue weighted by Crippen LogP contribution is -2.44. The molecule has 5 nitrogen and oxygen atoms in total. The fourth-order valence-corrected chi connectivity index (χ4v) is 2.49. The highest BCUT2D eigenvalue weighted by molar-refractivity contribution is 5.82. The number of rotatable bonds is 4. The molecule has 1 aromatic heterocycles. The molecule has 2 N–H and O–H groups in total. The lowest BCUT2D eigenvalue weighted by atomic mass is 9.98. The maximum atomic E-state index is 11.5. The molecule has 1 aliphatic rings. The fourth-order valence-electron chi connectivity index (χ4n) is 2.49. The molecule has 1 heterocycles. The van der Waals surface area contributed by atoms with Crippen molar-refractivity contribution in [3.05, 3.63) is 17.6 Å². The molecule has 0 spiro atoms. The number of aliphatic carboxylic acids is 1. The van der Waals surface area contributed by atoms with Crippen LogP contribution in [0.25, 0.3) is 0 Å². The van der Waals surface area contributed by atoms with E-state index in [9.17, 15) is 9.90 Å². The van der Waals surface area contributed by atoms with Gasteiger partial charge in [-0.2, -0.15) is 0 Å². The van der Waals surface area contributed by atoms with E-state index in [1.165, 1.54) is 0 Å². The van der Waals surface area contributed by atoms with Crippen LogP contribution in [0.5, 0.6) is 0 Å². The summed E-state index contributed by atoms with van der Waals surface area (Å²) < 4.78 is 0. The molecule has 0 radical (unpaired) electrons. The van der Waals surface area contributed by atoms with E-state index in [1.54, 1.807) is 0 Å². The second-order valence-electron chi connectivity index (χ2n) is 4.86. The minimum absolute atomic E-state index is 0.628. The van der Waals surface area contributed by atoms with Crippen LogP contribution in [-0.4, -0.2) is 26.6 Å². The van der Waals surface area contributed by atoms with Crippen molar-refractivity contribution < 1.29 is 9.90 Å². The summed E-state index contributed by atoms with van der Waals surface area (Å²) in [7, 11) is 0. The summed E-state index contributed by atoms with van der Waals surface area (Å²) in [5.41, 5.74) is 0.0924. The van der Waals surface area contributed by atoms with Gasteiger partial charge in [0, 0.05) is 11.8 Å². The number of aromatic nitrogens is 2. The molecule has 98 valence electrons. The monoisotopic (exact) mass is 249 g/mol. The number of nitrogens with one attached hydrogen (secondary N) is 1. The highest BCUT2D eigenvalue weighted by Crippen LogP contribution is 2.33. The zero-order valence-electron chi connectivity index (χ0n) is 10.9. The van der Waals surface area contributed by atoms with Gasteiger partial charge in [-0.05, 0) is 26.2 Å². The minimum atomic E-state index is -0.841. The van der Waals surface area contributed by atoms with Crippen LogP contribution in [0.3, 0.4) is 0 Å². The van der Waals surface area contributed by atoms with Crippen molar-refractivity contribution in [3.8, 4) is 0 Å². The predicted octanol–water partition coefficient (Wildman–Crippen LogP) is 2.16. The van der Waals surface area contributed by atoms with E-state index in [2.05, 4.69) is 15.3 Å². The molecule has 1 aliphatic carbocycles. The first-order valence-corrected chi connectivity index (χ1v) is 6.42. The lowest BCUT2D eigenvalue weighted by Gasteiger charge is -2.26. The number of anilines is 1. The van der Waals surface area contributed by atoms with Gasteiger partial charge in [0.1, 0.15) is 17.2 Å². The van der Waals surface area contributed by atoms with Gasteiger partial charge in [0.15, 0.2) is 0 Å². The molecule has 1 aromatic rings. The van der Waals surface area contributed by atoms with Gasteiger partial charge in [-0.1, -0.05) is 19.8 Å². The van der Waals surface area contributed by atoms with Gasteiger partial charge >= 0.3 is 5.97 Å². The van der Waals surface area contributed by atoms with Gasteiger partial charge in [-0.15, -0.1) is 0 Å². The van der Waals surface area contributed by atoms with Crippen LogP contribution < -0.4 is 5.32 Å². The normalized spacial score (nSPS) is 17.7. The van der Waals surface area contributed by atoms with Crippen LogP contribution >= 0.6 is 0 Å². The zero-order valence-corrected chi connectivity index (χ0v) is 10.9. The van der Waals surface area contributed by atoms with Crippen molar-refractivity contribution in [2.45, 2.75) is 51.5 Å². The first kappa shape index (κ1) is 12.8. The Morgan fingerprint density at radius 2 is 2.11 bits per heavy atom. The van der Waals surface area contributed by atoms with Gasteiger partial charge in [0.2, 0.25) is 0 Å². The fraction of sp³-hybridized carbons (Fsp3) is 0.615. The molecule has 1 fully saturated rings. The number of carboxylic acids is 1. The first-order chi connectivity index (χ1) is 8.55. The Bertz CT molecular complexity index is 454. The molecule has 0 bridgehead atoms. The maximum absolute atomic E-state index is 11.5. The summed E-state index contributed by atoms with van der Waals surface area (Å²) in [6.07, 6.45) is 4.03. The van der Waals surface area contributed by atoms with E-state index in [4.69, 9.17) is 0 Å². The van der Waals surface area contributed by atoms with Gasteiger partial charge in [0.05, 0.1) is 0 Å². The van der Waals surface area contributed by atoms with Crippen LogP contribution in [0.15, 0.2) is 6.07 Å². The average molecular weight is 249 g/mol. The van der Waals surface area contributed by atoms with E-state index >= 15 is 0 Å². The summed E-state index contributed by atoms with van der Waals surface area (Å²) in [6, 6.07) is 1.84.